The topological polar surface area (TPSA) is 86.7 Å². The van der Waals surface area contributed by atoms with Gasteiger partial charge < -0.3 is 10.4 Å². The summed E-state index contributed by atoms with van der Waals surface area (Å²) in [6.45, 7) is -0.655. The van der Waals surface area contributed by atoms with E-state index in [4.69, 9.17) is 5.11 Å². The van der Waals surface area contributed by atoms with Crippen LogP contribution in [0.3, 0.4) is 0 Å². The third kappa shape index (κ3) is 2.42. The summed E-state index contributed by atoms with van der Waals surface area (Å²) >= 11 is 0. The minimum absolute atomic E-state index is 0.0719. The summed E-state index contributed by atoms with van der Waals surface area (Å²) in [4.78, 5) is 35.1. The van der Waals surface area contributed by atoms with Crippen LogP contribution in [0.4, 0.5) is 4.79 Å². The van der Waals surface area contributed by atoms with E-state index in [2.05, 4.69) is 5.32 Å². The normalized spacial score (nSPS) is 16.4. The van der Waals surface area contributed by atoms with E-state index in [1.165, 1.54) is 0 Å². The first-order valence-corrected chi connectivity index (χ1v) is 6.60. The number of carbonyl (C=O) groups excluding carboxylic acids is 2. The highest BCUT2D eigenvalue weighted by Gasteiger charge is 2.34. The zero-order chi connectivity index (χ0) is 15.7. The molecule has 0 aliphatic carbocycles. The molecule has 0 atom stereocenters. The number of urea groups is 1. The summed E-state index contributed by atoms with van der Waals surface area (Å²) in [6, 6.07) is 12.6. The zero-order valence-corrected chi connectivity index (χ0v) is 11.4. The van der Waals surface area contributed by atoms with Gasteiger partial charge in [0.05, 0.1) is 0 Å². The van der Waals surface area contributed by atoms with Crippen LogP contribution in [0.2, 0.25) is 0 Å². The molecule has 1 heterocycles. The summed E-state index contributed by atoms with van der Waals surface area (Å²) in [5.74, 6) is -1.88. The number of nitrogens with zero attached hydrogens (tertiary/aromatic N) is 1. The molecular weight excluding hydrogens is 284 g/mol. The van der Waals surface area contributed by atoms with Gasteiger partial charge in [0, 0.05) is 0 Å². The van der Waals surface area contributed by atoms with Gasteiger partial charge in [0.15, 0.2) is 0 Å². The van der Waals surface area contributed by atoms with E-state index in [9.17, 15) is 14.4 Å². The molecule has 3 rings (SSSR count). The van der Waals surface area contributed by atoms with Gasteiger partial charge in [-0.2, -0.15) is 0 Å². The number of hydrogen-bond acceptors (Lipinski definition) is 3. The van der Waals surface area contributed by atoms with Crippen molar-refractivity contribution in [3.8, 4) is 0 Å². The van der Waals surface area contributed by atoms with Gasteiger partial charge in [-0.3, -0.25) is 9.59 Å². The second-order valence-electron chi connectivity index (χ2n) is 4.84. The third-order valence-corrected chi connectivity index (χ3v) is 3.38. The van der Waals surface area contributed by atoms with Gasteiger partial charge in [-0.25, -0.2) is 9.69 Å². The first-order chi connectivity index (χ1) is 10.6. The molecule has 1 aliphatic rings. The lowest BCUT2D eigenvalue weighted by molar-refractivity contribution is -0.140. The standard InChI is InChI=1S/C16H12N2O4/c19-14(20)9-18-15(21)13(17-16(18)22)8-11-6-3-5-10-4-1-2-7-12(10)11/h1-8H,9H2,(H,17,22)(H,19,20)/b13-8-. The van der Waals surface area contributed by atoms with Gasteiger partial charge >= 0.3 is 12.0 Å². The van der Waals surface area contributed by atoms with Crippen molar-refractivity contribution in [2.24, 2.45) is 0 Å². The van der Waals surface area contributed by atoms with E-state index in [1.807, 2.05) is 42.5 Å². The minimum atomic E-state index is -1.24. The highest BCUT2D eigenvalue weighted by Crippen LogP contribution is 2.22. The Bertz CT molecular complexity index is 821. The van der Waals surface area contributed by atoms with Crippen LogP contribution in [0.5, 0.6) is 0 Å². The smallest absolute Gasteiger partial charge is 0.329 e. The first-order valence-electron chi connectivity index (χ1n) is 6.60. The number of carboxylic acids is 1. The van der Waals surface area contributed by atoms with Crippen LogP contribution in [0.25, 0.3) is 16.8 Å². The Balaban J connectivity index is 2.00. The number of amides is 3. The number of carbonyl (C=O) groups is 3. The van der Waals surface area contributed by atoms with Crippen LogP contribution in [0.15, 0.2) is 48.2 Å². The lowest BCUT2D eigenvalue weighted by Gasteiger charge is -2.07. The van der Waals surface area contributed by atoms with Crippen molar-refractivity contribution in [1.29, 1.82) is 0 Å². The van der Waals surface area contributed by atoms with E-state index >= 15 is 0 Å². The number of fused-ring (bicyclic) bond motifs is 1. The van der Waals surface area contributed by atoms with Gasteiger partial charge in [-0.05, 0) is 22.4 Å². The zero-order valence-electron chi connectivity index (χ0n) is 11.4. The van der Waals surface area contributed by atoms with Crippen LogP contribution in [-0.4, -0.2) is 34.5 Å². The molecule has 0 saturated carbocycles. The Morgan fingerprint density at radius 1 is 1.14 bits per heavy atom. The number of rotatable bonds is 3. The van der Waals surface area contributed by atoms with Gasteiger partial charge in [-0.15, -0.1) is 0 Å². The molecule has 6 heteroatoms. The lowest BCUT2D eigenvalue weighted by Crippen LogP contribution is -2.35. The molecule has 1 aliphatic heterocycles. The van der Waals surface area contributed by atoms with Crippen LogP contribution in [-0.2, 0) is 9.59 Å². The molecule has 0 aromatic heterocycles. The highest BCUT2D eigenvalue weighted by molar-refractivity contribution is 6.15. The largest absolute Gasteiger partial charge is 0.480 e. The maximum atomic E-state index is 12.1. The maximum Gasteiger partial charge on any atom is 0.329 e. The van der Waals surface area contributed by atoms with Gasteiger partial charge in [0.25, 0.3) is 5.91 Å². The van der Waals surface area contributed by atoms with Crippen LogP contribution < -0.4 is 5.32 Å². The van der Waals surface area contributed by atoms with Crippen LogP contribution >= 0.6 is 0 Å². The fourth-order valence-corrected chi connectivity index (χ4v) is 2.38. The molecule has 1 saturated heterocycles. The van der Waals surface area contributed by atoms with Crippen molar-refractivity contribution in [3.63, 3.8) is 0 Å². The number of hydrogen-bond donors (Lipinski definition) is 2. The molecule has 22 heavy (non-hydrogen) atoms. The molecule has 2 aromatic carbocycles. The SMILES string of the molecule is O=C(O)CN1C(=O)N/C(=C\c2cccc3ccccc23)C1=O. The van der Waals surface area contributed by atoms with Gasteiger partial charge in [-0.1, -0.05) is 42.5 Å². The second kappa shape index (κ2) is 5.33. The number of nitrogens with one attached hydrogen (secondary N) is 1. The minimum Gasteiger partial charge on any atom is -0.480 e. The Hall–Kier alpha value is -3.15. The molecular formula is C16H12N2O4. The molecule has 0 bridgehead atoms. The van der Waals surface area contributed by atoms with E-state index in [1.54, 1.807) is 6.08 Å². The van der Waals surface area contributed by atoms with E-state index in [0.717, 1.165) is 16.3 Å². The Kier molecular flexibility index (Phi) is 3.34. The molecule has 2 N–H and O–H groups in total. The van der Waals surface area contributed by atoms with Crippen molar-refractivity contribution in [3.05, 3.63) is 53.7 Å². The molecule has 0 radical (unpaired) electrons. The fourth-order valence-electron chi connectivity index (χ4n) is 2.38. The fraction of sp³-hybridized carbons (Fsp3) is 0.0625. The van der Waals surface area contributed by atoms with Crippen LogP contribution in [0, 0.1) is 0 Å². The summed E-state index contributed by atoms with van der Waals surface area (Å²) < 4.78 is 0. The predicted octanol–water partition coefficient (Wildman–Crippen LogP) is 1.82. The lowest BCUT2D eigenvalue weighted by atomic mass is 10.0. The van der Waals surface area contributed by atoms with E-state index in [-0.39, 0.29) is 5.70 Å². The Labute approximate surface area is 125 Å². The number of benzene rings is 2. The molecule has 6 nitrogen and oxygen atoms in total. The highest BCUT2D eigenvalue weighted by atomic mass is 16.4. The van der Waals surface area contributed by atoms with Crippen molar-refractivity contribution in [2.45, 2.75) is 0 Å². The predicted molar refractivity (Wildman–Crippen MR) is 79.8 cm³/mol. The molecule has 0 unspecified atom stereocenters. The van der Waals surface area contributed by atoms with E-state index in [0.29, 0.717) is 4.90 Å². The summed E-state index contributed by atoms with van der Waals surface area (Å²) in [5, 5.41) is 13.1. The average Bonchev–Trinajstić information content (AvgIpc) is 2.75. The number of imide groups is 1. The third-order valence-electron chi connectivity index (χ3n) is 3.38. The first kappa shape index (κ1) is 13.8. The molecule has 1 fully saturated rings. The van der Waals surface area contributed by atoms with Crippen molar-refractivity contribution >= 4 is 34.8 Å². The van der Waals surface area contributed by atoms with Crippen molar-refractivity contribution in [1.82, 2.24) is 10.2 Å². The van der Waals surface area contributed by atoms with Crippen molar-refractivity contribution in [2.75, 3.05) is 6.54 Å². The molecule has 110 valence electrons. The van der Waals surface area contributed by atoms with Crippen LogP contribution in [0.1, 0.15) is 5.56 Å². The Morgan fingerprint density at radius 2 is 1.86 bits per heavy atom. The van der Waals surface area contributed by atoms with Gasteiger partial charge in [0.2, 0.25) is 0 Å². The monoisotopic (exact) mass is 296 g/mol. The van der Waals surface area contributed by atoms with E-state index < -0.39 is 24.5 Å². The number of carboxylic acid groups (broad SMARTS) is 1. The van der Waals surface area contributed by atoms with Gasteiger partial charge in [0.1, 0.15) is 12.2 Å². The summed E-state index contributed by atoms with van der Waals surface area (Å²) in [7, 11) is 0. The molecule has 2 aromatic rings. The second-order valence-corrected chi connectivity index (χ2v) is 4.84. The average molecular weight is 296 g/mol. The quantitative estimate of drug-likeness (QED) is 0.668. The number of aliphatic carboxylic acids is 1. The summed E-state index contributed by atoms with van der Waals surface area (Å²) in [6.07, 6.45) is 1.56. The van der Waals surface area contributed by atoms with Crippen molar-refractivity contribution < 1.29 is 19.5 Å². The summed E-state index contributed by atoms with van der Waals surface area (Å²) in [5.41, 5.74) is 0.849. The maximum absolute atomic E-state index is 12.1. The molecule has 3 amide bonds. The Morgan fingerprint density at radius 3 is 2.64 bits per heavy atom. The molecule has 0 spiro atoms.